The summed E-state index contributed by atoms with van der Waals surface area (Å²) in [5.74, 6) is 0. The van der Waals surface area contributed by atoms with Crippen molar-refractivity contribution in [2.45, 2.75) is 24.7 Å². The Balaban J connectivity index is 1.29. The predicted octanol–water partition coefficient (Wildman–Crippen LogP) is 13.5. The minimum Gasteiger partial charge on any atom is -0.309 e. The lowest BCUT2D eigenvalue weighted by atomic mass is 9.55. The first kappa shape index (κ1) is 31.3. The molecule has 2 aliphatic rings. The fraction of sp³-hybridized carbons (Fsp3) is 0.0769. The molecule has 0 heterocycles. The minimum absolute atomic E-state index is 0.144. The largest absolute Gasteiger partial charge is 0.309 e. The average molecular weight is 678 g/mol. The fourth-order valence-corrected chi connectivity index (χ4v) is 9.45. The molecule has 8 aromatic carbocycles. The third kappa shape index (κ3) is 4.57. The van der Waals surface area contributed by atoms with Gasteiger partial charge in [-0.2, -0.15) is 0 Å². The molecule has 0 bridgehead atoms. The number of rotatable bonds is 5. The van der Waals surface area contributed by atoms with E-state index in [4.69, 9.17) is 0 Å². The van der Waals surface area contributed by atoms with Gasteiger partial charge >= 0.3 is 0 Å². The summed E-state index contributed by atoms with van der Waals surface area (Å²) in [5.41, 5.74) is 18.4. The van der Waals surface area contributed by atoms with Gasteiger partial charge in [0, 0.05) is 22.2 Å². The maximum Gasteiger partial charge on any atom is 0.0720 e. The van der Waals surface area contributed by atoms with E-state index in [1.54, 1.807) is 0 Å². The van der Waals surface area contributed by atoms with E-state index in [0.717, 1.165) is 11.4 Å². The lowest BCUT2D eigenvalue weighted by molar-refractivity contribution is 0.563. The van der Waals surface area contributed by atoms with Crippen LogP contribution in [-0.2, 0) is 10.8 Å². The van der Waals surface area contributed by atoms with Crippen molar-refractivity contribution in [3.05, 3.63) is 234 Å². The Bertz CT molecular complexity index is 2580. The van der Waals surface area contributed by atoms with Gasteiger partial charge in [-0.1, -0.05) is 190 Å². The third-order valence-electron chi connectivity index (χ3n) is 11.8. The first-order valence-corrected chi connectivity index (χ1v) is 18.6. The van der Waals surface area contributed by atoms with Gasteiger partial charge in [0.15, 0.2) is 0 Å². The van der Waals surface area contributed by atoms with Crippen molar-refractivity contribution in [2.75, 3.05) is 4.90 Å². The van der Waals surface area contributed by atoms with E-state index < -0.39 is 5.41 Å². The number of fused-ring (bicyclic) bond motifs is 9. The molecule has 0 aliphatic heterocycles. The molecule has 53 heavy (non-hydrogen) atoms. The highest BCUT2D eigenvalue weighted by atomic mass is 15.1. The van der Waals surface area contributed by atoms with Crippen LogP contribution in [0.4, 0.5) is 17.1 Å². The number of para-hydroxylation sites is 1. The molecule has 1 nitrogen and oxygen atoms in total. The van der Waals surface area contributed by atoms with Crippen molar-refractivity contribution in [3.8, 4) is 33.4 Å². The zero-order chi connectivity index (χ0) is 35.6. The first-order chi connectivity index (χ1) is 26.1. The van der Waals surface area contributed by atoms with Gasteiger partial charge in [-0.05, 0) is 79.9 Å². The molecule has 0 fully saturated rings. The fourth-order valence-electron chi connectivity index (χ4n) is 9.45. The van der Waals surface area contributed by atoms with Gasteiger partial charge in [0.2, 0.25) is 0 Å². The molecule has 0 amide bonds. The van der Waals surface area contributed by atoms with Crippen molar-refractivity contribution in [1.82, 2.24) is 0 Å². The highest BCUT2D eigenvalue weighted by Crippen LogP contribution is 2.64. The molecular weight excluding hydrogens is 639 g/mol. The summed E-state index contributed by atoms with van der Waals surface area (Å²) in [6.45, 7) is 4.77. The van der Waals surface area contributed by atoms with Gasteiger partial charge in [0.05, 0.1) is 16.8 Å². The van der Waals surface area contributed by atoms with Gasteiger partial charge in [0.25, 0.3) is 0 Å². The summed E-state index contributed by atoms with van der Waals surface area (Å²) in [7, 11) is 0. The molecule has 0 saturated heterocycles. The van der Waals surface area contributed by atoms with Crippen LogP contribution in [0, 0.1) is 0 Å². The van der Waals surface area contributed by atoms with E-state index in [1.807, 2.05) is 0 Å². The zero-order valence-corrected chi connectivity index (χ0v) is 30.0. The molecule has 0 unspecified atom stereocenters. The van der Waals surface area contributed by atoms with Crippen molar-refractivity contribution in [3.63, 3.8) is 0 Å². The van der Waals surface area contributed by atoms with Crippen LogP contribution in [0.15, 0.2) is 200 Å². The van der Waals surface area contributed by atoms with E-state index in [2.05, 4.69) is 219 Å². The summed E-state index contributed by atoms with van der Waals surface area (Å²) < 4.78 is 0. The smallest absolute Gasteiger partial charge is 0.0720 e. The van der Waals surface area contributed by atoms with Crippen LogP contribution in [0.25, 0.3) is 33.4 Å². The van der Waals surface area contributed by atoms with Crippen LogP contribution in [0.1, 0.15) is 47.2 Å². The Labute approximate surface area is 312 Å². The molecule has 10 rings (SSSR count). The van der Waals surface area contributed by atoms with E-state index in [1.165, 1.54) is 72.4 Å². The van der Waals surface area contributed by atoms with Crippen LogP contribution in [0.5, 0.6) is 0 Å². The second-order valence-electron chi connectivity index (χ2n) is 14.8. The normalized spacial score (nSPS) is 14.2. The molecule has 0 aromatic heterocycles. The second-order valence-corrected chi connectivity index (χ2v) is 14.8. The molecule has 0 atom stereocenters. The summed E-state index contributed by atoms with van der Waals surface area (Å²) in [4.78, 5) is 2.50. The maximum absolute atomic E-state index is 2.50. The SMILES string of the molecule is CC1(C)c2ccccc2C2(c3ccccc3-c3c(N(c4ccc(-c5ccccc5)cc4)c4ccccc4-c4ccccc4)cccc32)c2ccccc21. The highest BCUT2D eigenvalue weighted by molar-refractivity contribution is 6.00. The van der Waals surface area contributed by atoms with Gasteiger partial charge in [-0.15, -0.1) is 0 Å². The topological polar surface area (TPSA) is 3.24 Å². The van der Waals surface area contributed by atoms with Gasteiger partial charge < -0.3 is 4.90 Å². The monoisotopic (exact) mass is 677 g/mol. The molecule has 1 spiro atoms. The Hall–Kier alpha value is -6.44. The molecule has 1 heteroatoms. The van der Waals surface area contributed by atoms with Crippen molar-refractivity contribution in [2.24, 2.45) is 0 Å². The second kappa shape index (κ2) is 12.1. The molecule has 0 radical (unpaired) electrons. The quantitative estimate of drug-likeness (QED) is 0.175. The third-order valence-corrected chi connectivity index (χ3v) is 11.8. The van der Waals surface area contributed by atoms with E-state index >= 15 is 0 Å². The summed E-state index contributed by atoms with van der Waals surface area (Å²) in [5, 5.41) is 0. The standard InChI is InChI=1S/C52H39N/c1-51(2)43-25-12-14-27-45(43)52(46-28-15-13-26-44(46)51)42-24-11-9-23-41(42)50-47(52)29-17-31-49(50)53(39-34-32-37(33-35-39)36-18-5-3-6-19-36)48-30-16-10-22-40(48)38-20-7-4-8-21-38/h3-35H,1-2H3. The first-order valence-electron chi connectivity index (χ1n) is 18.6. The van der Waals surface area contributed by atoms with Crippen LogP contribution in [0.2, 0.25) is 0 Å². The zero-order valence-electron chi connectivity index (χ0n) is 30.0. The van der Waals surface area contributed by atoms with Gasteiger partial charge in [-0.3, -0.25) is 0 Å². The summed E-state index contributed by atoms with van der Waals surface area (Å²) in [6, 6.07) is 73.9. The van der Waals surface area contributed by atoms with Crippen LogP contribution in [0.3, 0.4) is 0 Å². The Morgan fingerprint density at radius 1 is 0.321 bits per heavy atom. The average Bonchev–Trinajstić information content (AvgIpc) is 3.53. The number of hydrogen-bond donors (Lipinski definition) is 0. The van der Waals surface area contributed by atoms with Crippen molar-refractivity contribution < 1.29 is 0 Å². The van der Waals surface area contributed by atoms with Gasteiger partial charge in [-0.25, -0.2) is 0 Å². The molecule has 8 aromatic rings. The van der Waals surface area contributed by atoms with E-state index in [0.29, 0.717) is 0 Å². The van der Waals surface area contributed by atoms with Crippen LogP contribution < -0.4 is 4.90 Å². The maximum atomic E-state index is 2.50. The Morgan fingerprint density at radius 2 is 0.774 bits per heavy atom. The Morgan fingerprint density at radius 3 is 1.42 bits per heavy atom. The lowest BCUT2D eigenvalue weighted by Crippen LogP contribution is -2.40. The molecule has 0 saturated carbocycles. The lowest BCUT2D eigenvalue weighted by Gasteiger charge is -2.46. The summed E-state index contributed by atoms with van der Waals surface area (Å²) in [6.07, 6.45) is 0. The molecular formula is C52H39N. The van der Waals surface area contributed by atoms with E-state index in [-0.39, 0.29) is 5.41 Å². The summed E-state index contributed by atoms with van der Waals surface area (Å²) >= 11 is 0. The molecule has 0 N–H and O–H groups in total. The molecule has 2 aliphatic carbocycles. The Kier molecular flexibility index (Phi) is 7.13. The minimum atomic E-state index is -0.466. The van der Waals surface area contributed by atoms with Crippen molar-refractivity contribution in [1.29, 1.82) is 0 Å². The van der Waals surface area contributed by atoms with Crippen molar-refractivity contribution >= 4 is 17.1 Å². The number of hydrogen-bond acceptors (Lipinski definition) is 1. The highest BCUT2D eigenvalue weighted by Gasteiger charge is 2.53. The van der Waals surface area contributed by atoms with Crippen LogP contribution >= 0.6 is 0 Å². The predicted molar refractivity (Wildman–Crippen MR) is 221 cm³/mol. The number of nitrogens with zero attached hydrogens (tertiary/aromatic N) is 1. The van der Waals surface area contributed by atoms with E-state index in [9.17, 15) is 0 Å². The van der Waals surface area contributed by atoms with Crippen LogP contribution in [-0.4, -0.2) is 0 Å². The number of anilines is 3. The molecule has 252 valence electrons. The number of benzene rings is 8. The van der Waals surface area contributed by atoms with Gasteiger partial charge in [0.1, 0.15) is 0 Å².